The lowest BCUT2D eigenvalue weighted by molar-refractivity contribution is 0.129. The van der Waals surface area contributed by atoms with Crippen LogP contribution >= 0.6 is 11.6 Å². The number of ether oxygens (including phenoxy) is 1. The van der Waals surface area contributed by atoms with Crippen molar-refractivity contribution < 1.29 is 14.6 Å². The third-order valence-corrected chi connectivity index (χ3v) is 3.74. The van der Waals surface area contributed by atoms with E-state index in [-0.39, 0.29) is 6.61 Å². The monoisotopic (exact) mass is 280 g/mol. The number of carbonyl (C=O) groups excluding carboxylic acids is 1. The van der Waals surface area contributed by atoms with Crippen molar-refractivity contribution in [2.24, 2.45) is 0 Å². The number of aliphatic hydroxyl groups is 1. The van der Waals surface area contributed by atoms with Crippen molar-refractivity contribution in [2.75, 3.05) is 11.5 Å². The Morgan fingerprint density at radius 3 is 2.84 bits per heavy atom. The van der Waals surface area contributed by atoms with Gasteiger partial charge in [0.1, 0.15) is 12.1 Å². The maximum Gasteiger partial charge on any atom is 0.415 e. The third kappa shape index (κ3) is 2.14. The van der Waals surface area contributed by atoms with Crippen LogP contribution in [0, 0.1) is 13.5 Å². The van der Waals surface area contributed by atoms with Crippen LogP contribution in [-0.4, -0.2) is 30.0 Å². The van der Waals surface area contributed by atoms with E-state index in [0.29, 0.717) is 22.0 Å². The van der Waals surface area contributed by atoms with Crippen molar-refractivity contribution in [3.63, 3.8) is 0 Å². The van der Waals surface area contributed by atoms with Gasteiger partial charge in [-0.15, -0.1) is 0 Å². The number of halogens is 1. The Morgan fingerprint density at radius 2 is 2.26 bits per heavy atom. The van der Waals surface area contributed by atoms with Crippen LogP contribution in [-0.2, 0) is 4.74 Å². The van der Waals surface area contributed by atoms with Crippen molar-refractivity contribution in [1.82, 2.24) is 0 Å². The Balaban J connectivity index is 2.50. The zero-order valence-electron chi connectivity index (χ0n) is 10.6. The number of hydrogen-bond acceptors (Lipinski definition) is 3. The number of carbonyl (C=O) groups is 1. The van der Waals surface area contributed by atoms with E-state index in [1.807, 2.05) is 0 Å². The zero-order valence-corrected chi connectivity index (χ0v) is 11.3. The number of hydrogen-bond donors (Lipinski definition) is 1. The summed E-state index contributed by atoms with van der Waals surface area (Å²) in [5.74, 6) is 0. The summed E-state index contributed by atoms with van der Waals surface area (Å²) in [7, 11) is 0. The number of benzene rings is 1. The molecule has 100 valence electrons. The first-order valence-electron chi connectivity index (χ1n) is 5.78. The molecule has 2 rings (SSSR count). The predicted molar refractivity (Wildman–Crippen MR) is 71.7 cm³/mol. The summed E-state index contributed by atoms with van der Waals surface area (Å²) in [6.07, 6.45) is -0.905. The number of rotatable bonds is 2. The average molecular weight is 281 g/mol. The number of cyclic esters (lactones) is 1. The second-order valence-electron chi connectivity index (χ2n) is 4.36. The van der Waals surface area contributed by atoms with Crippen LogP contribution in [0.1, 0.15) is 12.5 Å². The van der Waals surface area contributed by atoms with E-state index in [9.17, 15) is 9.90 Å². The van der Waals surface area contributed by atoms with Crippen molar-refractivity contribution in [3.05, 3.63) is 34.1 Å². The predicted octanol–water partition coefficient (Wildman–Crippen LogP) is 2.91. The standard InChI is InChI=1S/C13H13ClN2O3/c1-7-10(5-4-9(15-3)12(7)14)16-11(6-17)8(2)19-13(16)18/h4-5,8,11,17H,6H2,1-2H3/t8-,11-/m0/s1. The molecule has 1 aromatic carbocycles. The van der Waals surface area contributed by atoms with Crippen molar-refractivity contribution in [2.45, 2.75) is 26.0 Å². The van der Waals surface area contributed by atoms with Gasteiger partial charge in [-0.2, -0.15) is 0 Å². The summed E-state index contributed by atoms with van der Waals surface area (Å²) < 4.78 is 5.11. The van der Waals surface area contributed by atoms with Gasteiger partial charge in [0.15, 0.2) is 0 Å². The van der Waals surface area contributed by atoms with E-state index in [1.54, 1.807) is 26.0 Å². The minimum atomic E-state index is -0.513. The smallest absolute Gasteiger partial charge is 0.415 e. The zero-order chi connectivity index (χ0) is 14.2. The van der Waals surface area contributed by atoms with Gasteiger partial charge >= 0.3 is 6.09 Å². The highest BCUT2D eigenvalue weighted by Crippen LogP contribution is 2.37. The topological polar surface area (TPSA) is 54.1 Å². The maximum atomic E-state index is 11.9. The van der Waals surface area contributed by atoms with E-state index in [1.165, 1.54) is 4.90 Å². The highest BCUT2D eigenvalue weighted by molar-refractivity contribution is 6.34. The molecule has 1 aliphatic heterocycles. The van der Waals surface area contributed by atoms with Crippen molar-refractivity contribution in [1.29, 1.82) is 0 Å². The molecule has 0 unspecified atom stereocenters. The molecule has 1 fully saturated rings. The molecular formula is C13H13ClN2O3. The summed E-state index contributed by atoms with van der Waals surface area (Å²) in [6.45, 7) is 10.3. The molecule has 0 radical (unpaired) electrons. The van der Waals surface area contributed by atoms with E-state index < -0.39 is 18.2 Å². The van der Waals surface area contributed by atoms with Crippen LogP contribution in [0.4, 0.5) is 16.2 Å². The molecule has 5 nitrogen and oxygen atoms in total. The summed E-state index contributed by atoms with van der Waals surface area (Å²) in [5.41, 5.74) is 1.52. The highest BCUT2D eigenvalue weighted by Gasteiger charge is 2.40. The SMILES string of the molecule is [C-]#[N+]c1ccc(N2C(=O)O[C@@H](C)[C@@H]2CO)c(C)c1Cl. The van der Waals surface area contributed by atoms with Crippen LogP contribution in [0.2, 0.25) is 5.02 Å². The lowest BCUT2D eigenvalue weighted by atomic mass is 10.1. The molecule has 1 heterocycles. The molecule has 19 heavy (non-hydrogen) atoms. The average Bonchev–Trinajstić information content (AvgIpc) is 2.67. The van der Waals surface area contributed by atoms with Crippen LogP contribution in [0.25, 0.3) is 4.85 Å². The molecule has 1 aromatic rings. The number of amides is 1. The molecule has 0 spiro atoms. The summed E-state index contributed by atoms with van der Waals surface area (Å²) >= 11 is 6.10. The molecule has 6 heteroatoms. The molecule has 1 N–H and O–H groups in total. The van der Waals surface area contributed by atoms with Gasteiger partial charge in [0, 0.05) is 5.69 Å². The summed E-state index contributed by atoms with van der Waals surface area (Å²) in [4.78, 5) is 16.6. The minimum absolute atomic E-state index is 0.200. The van der Waals surface area contributed by atoms with Gasteiger partial charge in [0.05, 0.1) is 18.2 Å². The summed E-state index contributed by atoms with van der Waals surface area (Å²) in [6, 6.07) is 2.76. The van der Waals surface area contributed by atoms with Gasteiger partial charge in [-0.3, -0.25) is 4.90 Å². The normalized spacial score (nSPS) is 22.3. The van der Waals surface area contributed by atoms with Crippen LogP contribution < -0.4 is 4.90 Å². The number of aliphatic hydroxyl groups excluding tert-OH is 1. The third-order valence-electron chi connectivity index (χ3n) is 3.26. The van der Waals surface area contributed by atoms with Gasteiger partial charge < -0.3 is 9.84 Å². The van der Waals surface area contributed by atoms with Crippen LogP contribution in [0.3, 0.4) is 0 Å². The largest absolute Gasteiger partial charge is 0.444 e. The second kappa shape index (κ2) is 5.08. The Hall–Kier alpha value is -1.77. The molecule has 1 aliphatic rings. The fraction of sp³-hybridized carbons (Fsp3) is 0.385. The lowest BCUT2D eigenvalue weighted by Crippen LogP contribution is -2.39. The second-order valence-corrected chi connectivity index (χ2v) is 4.74. The Morgan fingerprint density at radius 1 is 1.58 bits per heavy atom. The molecule has 0 aliphatic carbocycles. The van der Waals surface area contributed by atoms with E-state index >= 15 is 0 Å². The lowest BCUT2D eigenvalue weighted by Gasteiger charge is -2.23. The first-order valence-corrected chi connectivity index (χ1v) is 6.16. The van der Waals surface area contributed by atoms with Crippen LogP contribution in [0.5, 0.6) is 0 Å². The van der Waals surface area contributed by atoms with E-state index in [4.69, 9.17) is 22.9 Å². The molecule has 1 saturated heterocycles. The van der Waals surface area contributed by atoms with E-state index in [2.05, 4.69) is 4.85 Å². The molecule has 1 amide bonds. The Kier molecular flexibility index (Phi) is 3.65. The molecule has 0 bridgehead atoms. The quantitative estimate of drug-likeness (QED) is 0.848. The van der Waals surface area contributed by atoms with E-state index in [0.717, 1.165) is 0 Å². The first-order chi connectivity index (χ1) is 9.01. The van der Waals surface area contributed by atoms with Gasteiger partial charge in [-0.25, -0.2) is 9.64 Å². The fourth-order valence-electron chi connectivity index (χ4n) is 2.15. The van der Waals surface area contributed by atoms with Crippen molar-refractivity contribution >= 4 is 29.1 Å². The molecule has 2 atom stereocenters. The highest BCUT2D eigenvalue weighted by atomic mass is 35.5. The number of nitrogens with zero attached hydrogens (tertiary/aromatic N) is 2. The van der Waals surface area contributed by atoms with Crippen LogP contribution in [0.15, 0.2) is 12.1 Å². The molecule has 0 saturated carbocycles. The van der Waals surface area contributed by atoms with Gasteiger partial charge in [-0.1, -0.05) is 17.7 Å². The summed E-state index contributed by atoms with van der Waals surface area (Å²) in [5, 5.41) is 9.71. The van der Waals surface area contributed by atoms with Crippen molar-refractivity contribution in [3.8, 4) is 0 Å². The Bertz CT molecular complexity index is 568. The molecular weight excluding hydrogens is 268 g/mol. The van der Waals surface area contributed by atoms with Gasteiger partial charge in [0.25, 0.3) is 0 Å². The molecule has 0 aromatic heterocycles. The minimum Gasteiger partial charge on any atom is -0.444 e. The van der Waals surface area contributed by atoms with Gasteiger partial charge in [-0.05, 0) is 25.5 Å². The number of anilines is 1. The maximum absolute atomic E-state index is 11.9. The fourth-order valence-corrected chi connectivity index (χ4v) is 2.36. The first kappa shape index (κ1) is 13.7. The Labute approximate surface area is 116 Å². The van der Waals surface area contributed by atoms with Gasteiger partial charge in [0.2, 0.25) is 5.69 Å².